The second-order valence-electron chi connectivity index (χ2n) is 6.94. The minimum atomic E-state index is -4.01. The second-order valence-corrected chi connectivity index (χ2v) is 8.81. The van der Waals surface area contributed by atoms with Crippen molar-refractivity contribution in [3.8, 4) is 11.5 Å². The maximum atomic E-state index is 13.3. The molecule has 0 radical (unpaired) electrons. The Morgan fingerprint density at radius 2 is 1.93 bits per heavy atom. The van der Waals surface area contributed by atoms with Gasteiger partial charge in [0.1, 0.15) is 5.82 Å². The van der Waals surface area contributed by atoms with Crippen LogP contribution in [-0.4, -0.2) is 32.7 Å². The number of aryl methyl sites for hydroxylation is 1. The van der Waals surface area contributed by atoms with Gasteiger partial charge < -0.3 is 14.5 Å². The minimum Gasteiger partial charge on any atom is -0.419 e. The number of ether oxygens (including phenoxy) is 1. The van der Waals surface area contributed by atoms with Crippen LogP contribution in [0, 0.1) is 12.7 Å². The summed E-state index contributed by atoms with van der Waals surface area (Å²) in [6.45, 7) is 3.00. The Balaban J connectivity index is 1.75. The zero-order valence-corrected chi connectivity index (χ0v) is 16.7. The van der Waals surface area contributed by atoms with E-state index in [0.717, 1.165) is 30.5 Å². The van der Waals surface area contributed by atoms with Gasteiger partial charge in [0.2, 0.25) is 26.6 Å². The van der Waals surface area contributed by atoms with E-state index in [4.69, 9.17) is 9.15 Å². The molecule has 0 saturated carbocycles. The predicted octanol–water partition coefficient (Wildman–Crippen LogP) is 4.21. The summed E-state index contributed by atoms with van der Waals surface area (Å²) in [7, 11) is -4.01. The van der Waals surface area contributed by atoms with Crippen LogP contribution in [0.5, 0.6) is 0 Å². The van der Waals surface area contributed by atoms with Gasteiger partial charge in [0.15, 0.2) is 0 Å². The van der Waals surface area contributed by atoms with E-state index in [1.165, 1.54) is 12.1 Å². The van der Waals surface area contributed by atoms with Crippen molar-refractivity contribution in [1.82, 2.24) is 4.98 Å². The summed E-state index contributed by atoms with van der Waals surface area (Å²) in [5, 5.41) is 2.82. The fourth-order valence-electron chi connectivity index (χ4n) is 3.27. The molecule has 1 N–H and O–H groups in total. The molecule has 8 heteroatoms. The van der Waals surface area contributed by atoms with Crippen LogP contribution in [0.25, 0.3) is 11.5 Å². The number of oxazole rings is 1. The van der Waals surface area contributed by atoms with E-state index >= 15 is 0 Å². The summed E-state index contributed by atoms with van der Waals surface area (Å²) >= 11 is 0. The van der Waals surface area contributed by atoms with Crippen molar-refractivity contribution in [2.24, 2.45) is 0 Å². The molecule has 0 bridgehead atoms. The highest BCUT2D eigenvalue weighted by Gasteiger charge is 2.29. The molecule has 152 valence electrons. The Bertz CT molecular complexity index is 1100. The number of nitrogens with one attached hydrogen (secondary N) is 1. The molecule has 0 spiro atoms. The molecule has 29 heavy (non-hydrogen) atoms. The molecule has 2 aromatic carbocycles. The summed E-state index contributed by atoms with van der Waals surface area (Å²) in [5.74, 6) is -0.247. The molecule has 1 unspecified atom stereocenters. The van der Waals surface area contributed by atoms with Crippen molar-refractivity contribution >= 4 is 15.7 Å². The SMILES string of the molecule is Cc1ccccc1-c1nc(S(=O)(=O)c2ccc(F)cc2)c(NCC2CCCO2)o1. The van der Waals surface area contributed by atoms with E-state index in [1.54, 1.807) is 0 Å². The van der Waals surface area contributed by atoms with Crippen molar-refractivity contribution in [2.75, 3.05) is 18.5 Å². The molecular weight excluding hydrogens is 395 g/mol. The zero-order valence-electron chi connectivity index (χ0n) is 15.9. The average molecular weight is 416 g/mol. The van der Waals surface area contributed by atoms with Crippen LogP contribution in [0.2, 0.25) is 0 Å². The molecule has 1 saturated heterocycles. The molecular formula is C21H21FN2O4S. The molecule has 1 aliphatic rings. The number of sulfone groups is 1. The number of aromatic nitrogens is 1. The highest BCUT2D eigenvalue weighted by atomic mass is 32.2. The van der Waals surface area contributed by atoms with Crippen molar-refractivity contribution in [2.45, 2.75) is 35.8 Å². The highest BCUT2D eigenvalue weighted by molar-refractivity contribution is 7.91. The Labute approximate surface area is 168 Å². The van der Waals surface area contributed by atoms with Crippen LogP contribution in [0.15, 0.2) is 62.9 Å². The fraction of sp³-hybridized carbons (Fsp3) is 0.286. The molecule has 1 atom stereocenters. The minimum absolute atomic E-state index is 0.0108. The van der Waals surface area contributed by atoms with Crippen molar-refractivity contribution in [3.63, 3.8) is 0 Å². The lowest BCUT2D eigenvalue weighted by Crippen LogP contribution is -2.19. The van der Waals surface area contributed by atoms with E-state index in [0.29, 0.717) is 18.7 Å². The molecule has 0 amide bonds. The first-order valence-corrected chi connectivity index (χ1v) is 10.9. The summed E-state index contributed by atoms with van der Waals surface area (Å²) < 4.78 is 51.1. The molecule has 3 aromatic rings. The van der Waals surface area contributed by atoms with Crippen LogP contribution < -0.4 is 5.32 Å². The van der Waals surface area contributed by atoms with Gasteiger partial charge in [-0.25, -0.2) is 12.8 Å². The summed E-state index contributed by atoms with van der Waals surface area (Å²) in [4.78, 5) is 4.25. The van der Waals surface area contributed by atoms with Crippen LogP contribution in [0.3, 0.4) is 0 Å². The van der Waals surface area contributed by atoms with Crippen LogP contribution in [0.4, 0.5) is 10.3 Å². The van der Waals surface area contributed by atoms with Crippen LogP contribution >= 0.6 is 0 Å². The van der Waals surface area contributed by atoms with Gasteiger partial charge in [-0.15, -0.1) is 0 Å². The van der Waals surface area contributed by atoms with Gasteiger partial charge in [0, 0.05) is 18.7 Å². The maximum Gasteiger partial charge on any atom is 0.233 e. The molecule has 4 rings (SSSR count). The molecule has 6 nitrogen and oxygen atoms in total. The second kappa shape index (κ2) is 7.96. The first kappa shape index (κ1) is 19.6. The fourth-order valence-corrected chi connectivity index (χ4v) is 4.54. The largest absolute Gasteiger partial charge is 0.419 e. The highest BCUT2D eigenvalue weighted by Crippen LogP contribution is 2.33. The van der Waals surface area contributed by atoms with Crippen LogP contribution in [-0.2, 0) is 14.6 Å². The Kier molecular flexibility index (Phi) is 5.38. The Morgan fingerprint density at radius 1 is 1.17 bits per heavy atom. The molecule has 1 aliphatic heterocycles. The molecule has 2 heterocycles. The Hall–Kier alpha value is -2.71. The van der Waals surface area contributed by atoms with E-state index < -0.39 is 15.7 Å². The van der Waals surface area contributed by atoms with Gasteiger partial charge in [0.25, 0.3) is 0 Å². The summed E-state index contributed by atoms with van der Waals surface area (Å²) in [5.41, 5.74) is 1.61. The van der Waals surface area contributed by atoms with Crippen molar-refractivity contribution in [1.29, 1.82) is 0 Å². The smallest absolute Gasteiger partial charge is 0.233 e. The van der Waals surface area contributed by atoms with E-state index in [1.807, 2.05) is 31.2 Å². The Morgan fingerprint density at radius 3 is 2.62 bits per heavy atom. The quantitative estimate of drug-likeness (QED) is 0.606. The maximum absolute atomic E-state index is 13.3. The van der Waals surface area contributed by atoms with E-state index in [9.17, 15) is 12.8 Å². The number of anilines is 1. The van der Waals surface area contributed by atoms with Gasteiger partial charge in [-0.1, -0.05) is 18.2 Å². The third-order valence-electron chi connectivity index (χ3n) is 4.86. The number of rotatable bonds is 6. The van der Waals surface area contributed by atoms with Gasteiger partial charge in [-0.05, 0) is 55.7 Å². The lowest BCUT2D eigenvalue weighted by molar-refractivity contribution is 0.120. The van der Waals surface area contributed by atoms with Crippen molar-refractivity contribution < 1.29 is 22.0 Å². The molecule has 0 aliphatic carbocycles. The third-order valence-corrected chi connectivity index (χ3v) is 6.54. The molecule has 1 aromatic heterocycles. The van der Waals surface area contributed by atoms with Gasteiger partial charge in [0.05, 0.1) is 11.0 Å². The first-order valence-electron chi connectivity index (χ1n) is 9.38. The van der Waals surface area contributed by atoms with Gasteiger partial charge >= 0.3 is 0 Å². The number of hydrogen-bond acceptors (Lipinski definition) is 6. The number of hydrogen-bond donors (Lipinski definition) is 1. The molecule has 1 fully saturated rings. The van der Waals surface area contributed by atoms with E-state index in [-0.39, 0.29) is 27.8 Å². The topological polar surface area (TPSA) is 81.4 Å². The standard InChI is InChI=1S/C21H21FN2O4S/c1-14-5-2-3-7-18(14)19-24-21(20(28-19)23-13-16-6-4-12-27-16)29(25,26)17-10-8-15(22)9-11-17/h2-3,5,7-11,16,23H,4,6,12-13H2,1H3. The summed E-state index contributed by atoms with van der Waals surface area (Å²) in [6.07, 6.45) is 1.85. The predicted molar refractivity (Wildman–Crippen MR) is 106 cm³/mol. The average Bonchev–Trinajstić information content (AvgIpc) is 3.37. The van der Waals surface area contributed by atoms with E-state index in [2.05, 4.69) is 10.3 Å². The zero-order chi connectivity index (χ0) is 20.4. The van der Waals surface area contributed by atoms with Crippen LogP contribution in [0.1, 0.15) is 18.4 Å². The summed E-state index contributed by atoms with van der Waals surface area (Å²) in [6, 6.07) is 12.1. The number of benzene rings is 2. The van der Waals surface area contributed by atoms with Crippen molar-refractivity contribution in [3.05, 3.63) is 59.9 Å². The third kappa shape index (κ3) is 4.04. The lowest BCUT2D eigenvalue weighted by atomic mass is 10.1. The normalized spacial score (nSPS) is 16.8. The first-order chi connectivity index (χ1) is 13.9. The van der Waals surface area contributed by atoms with Gasteiger partial charge in [-0.2, -0.15) is 4.98 Å². The van der Waals surface area contributed by atoms with Gasteiger partial charge in [-0.3, -0.25) is 0 Å². The monoisotopic (exact) mass is 416 g/mol. The number of nitrogens with zero attached hydrogens (tertiary/aromatic N) is 1. The number of halogens is 1. The lowest BCUT2D eigenvalue weighted by Gasteiger charge is -2.10.